The number of carbonyl (C=O) groups is 9. The maximum Gasteiger partial charge on any atom is 0.326 e. The highest BCUT2D eigenvalue weighted by Crippen LogP contribution is 2.19. The van der Waals surface area contributed by atoms with E-state index in [4.69, 9.17) is 22.9 Å². The van der Waals surface area contributed by atoms with Crippen molar-refractivity contribution in [2.75, 3.05) is 19.7 Å². The summed E-state index contributed by atoms with van der Waals surface area (Å²) >= 11 is 0. The fourth-order valence-electron chi connectivity index (χ4n) is 7.13. The van der Waals surface area contributed by atoms with E-state index in [9.17, 15) is 53.4 Å². The summed E-state index contributed by atoms with van der Waals surface area (Å²) in [5, 5.41) is 41.0. The topological polar surface area (TPSA) is 423 Å². The van der Waals surface area contributed by atoms with Crippen molar-refractivity contribution in [2.45, 2.75) is 148 Å². The largest absolute Gasteiger partial charge is 0.480 e. The molecule has 25 nitrogen and oxygen atoms in total. The molecule has 0 saturated heterocycles. The van der Waals surface area contributed by atoms with Crippen LogP contribution in [0.5, 0.6) is 0 Å². The predicted octanol–water partition coefficient (Wildman–Crippen LogP) is -3.06. The number of benzene rings is 1. The zero-order valence-electron chi connectivity index (χ0n) is 41.6. The van der Waals surface area contributed by atoms with Crippen LogP contribution in [0.4, 0.5) is 0 Å². The number of aliphatic imine (C=N–C) groups is 1. The molecular formula is C46H76N14O11. The first kappa shape index (κ1) is 60.3. The van der Waals surface area contributed by atoms with Gasteiger partial charge in [-0.15, -0.1) is 0 Å². The van der Waals surface area contributed by atoms with Crippen LogP contribution in [0, 0.1) is 11.8 Å². The van der Waals surface area contributed by atoms with E-state index in [0.717, 1.165) is 10.9 Å². The Balaban J connectivity index is 2.29. The van der Waals surface area contributed by atoms with Crippen LogP contribution < -0.4 is 65.5 Å². The molecule has 2 aromatic rings. The molecule has 0 radical (unpaired) electrons. The number of hydrogen-bond donors (Lipinski definition) is 15. The molecule has 8 amide bonds. The summed E-state index contributed by atoms with van der Waals surface area (Å²) in [7, 11) is 0. The summed E-state index contributed by atoms with van der Waals surface area (Å²) in [4.78, 5) is 127. The van der Waals surface area contributed by atoms with E-state index in [1.165, 1.54) is 20.8 Å². The van der Waals surface area contributed by atoms with Gasteiger partial charge in [0.05, 0.1) is 12.6 Å². The Hall–Kier alpha value is -6.86. The molecule has 25 heteroatoms. The molecule has 396 valence electrons. The maximum absolute atomic E-state index is 14.1. The van der Waals surface area contributed by atoms with Gasteiger partial charge in [-0.3, -0.25) is 43.3 Å². The van der Waals surface area contributed by atoms with Gasteiger partial charge in [-0.25, -0.2) is 4.79 Å². The first-order valence-electron chi connectivity index (χ1n) is 23.7. The van der Waals surface area contributed by atoms with Crippen LogP contribution in [0.15, 0.2) is 35.5 Å². The van der Waals surface area contributed by atoms with Crippen molar-refractivity contribution in [3.63, 3.8) is 0 Å². The molecule has 9 unspecified atom stereocenters. The molecule has 0 fully saturated rings. The lowest BCUT2D eigenvalue weighted by atomic mass is 10.0. The van der Waals surface area contributed by atoms with Gasteiger partial charge in [-0.2, -0.15) is 0 Å². The van der Waals surface area contributed by atoms with E-state index in [-0.39, 0.29) is 50.5 Å². The number of rotatable bonds is 31. The quantitative estimate of drug-likeness (QED) is 0.0203. The fourth-order valence-corrected chi connectivity index (χ4v) is 7.13. The second-order valence-corrected chi connectivity index (χ2v) is 18.2. The van der Waals surface area contributed by atoms with Gasteiger partial charge < -0.3 is 80.7 Å². The fraction of sp³-hybridized carbons (Fsp3) is 0.609. The number of aliphatic carboxylic acids is 1. The number of nitrogens with one attached hydrogen (secondary N) is 9. The second-order valence-electron chi connectivity index (χ2n) is 18.2. The van der Waals surface area contributed by atoms with Crippen LogP contribution in [0.1, 0.15) is 92.6 Å². The lowest BCUT2D eigenvalue weighted by molar-refractivity contribution is -0.142. The molecular weight excluding hydrogens is 925 g/mol. The number of nitrogens with two attached hydrogens (primary N) is 4. The van der Waals surface area contributed by atoms with Crippen molar-refractivity contribution < 1.29 is 53.4 Å². The second kappa shape index (κ2) is 30.0. The van der Waals surface area contributed by atoms with Gasteiger partial charge >= 0.3 is 5.97 Å². The van der Waals surface area contributed by atoms with Gasteiger partial charge in [0.15, 0.2) is 5.96 Å². The summed E-state index contributed by atoms with van der Waals surface area (Å²) in [6, 6.07) is -4.17. The van der Waals surface area contributed by atoms with E-state index in [2.05, 4.69) is 52.5 Å². The summed E-state index contributed by atoms with van der Waals surface area (Å²) < 4.78 is 0. The maximum atomic E-state index is 14.1. The average molecular weight is 1000 g/mol. The molecule has 0 aliphatic carbocycles. The molecule has 0 bridgehead atoms. The minimum absolute atomic E-state index is 0.0182. The van der Waals surface area contributed by atoms with Crippen LogP contribution in [0.2, 0.25) is 0 Å². The molecule has 1 aromatic heterocycles. The highest BCUT2D eigenvalue weighted by atomic mass is 16.4. The highest BCUT2D eigenvalue weighted by molar-refractivity contribution is 5.98. The van der Waals surface area contributed by atoms with E-state index in [1.807, 2.05) is 13.8 Å². The lowest BCUT2D eigenvalue weighted by Gasteiger charge is -2.28. The standard InChI is InChI=1S/C46H76N14O11/c1-23(2)19-33(57-37(62)25(5)48)41(66)55-31(15-10-11-17-47)40(65)53-26(6)39(64)58-34(20-28-21-52-30-14-9-8-13-29(28)30)42(67)59-35(22-61)43(68)60-36(24(3)4)44(69)54-27(7)38(63)56-32(45(70)71)16-12-18-51-46(49)50/h8-9,13-14,21,23-27,31-36,52,61H,10-12,15-20,22,47-48H2,1-7H3,(H,53,65)(H,54,69)(H,55,66)(H,56,63)(H,57,62)(H,58,64)(H,59,67)(H,60,68)(H,70,71)(H4,49,50,51). The predicted molar refractivity (Wildman–Crippen MR) is 264 cm³/mol. The molecule has 1 aromatic carbocycles. The number of hydrogen-bond acceptors (Lipinski definition) is 13. The number of aromatic nitrogens is 1. The van der Waals surface area contributed by atoms with Gasteiger partial charge in [0.25, 0.3) is 0 Å². The zero-order chi connectivity index (χ0) is 53.5. The monoisotopic (exact) mass is 1000 g/mol. The van der Waals surface area contributed by atoms with Crippen molar-refractivity contribution in [1.82, 2.24) is 47.5 Å². The number of guanidine groups is 1. The van der Waals surface area contributed by atoms with Crippen molar-refractivity contribution >= 4 is 70.1 Å². The smallest absolute Gasteiger partial charge is 0.326 e. The van der Waals surface area contributed by atoms with Crippen molar-refractivity contribution in [3.05, 3.63) is 36.0 Å². The third kappa shape index (κ3) is 20.6. The lowest BCUT2D eigenvalue weighted by Crippen LogP contribution is -2.61. The Kier molecular flexibility index (Phi) is 25.5. The Morgan fingerprint density at radius 3 is 1.70 bits per heavy atom. The van der Waals surface area contributed by atoms with Crippen LogP contribution in [-0.2, 0) is 49.6 Å². The molecule has 0 spiro atoms. The van der Waals surface area contributed by atoms with E-state index in [0.29, 0.717) is 24.9 Å². The number of nitrogens with zero attached hydrogens (tertiary/aromatic N) is 1. The highest BCUT2D eigenvalue weighted by Gasteiger charge is 2.34. The Labute approximate surface area is 413 Å². The summed E-state index contributed by atoms with van der Waals surface area (Å²) in [5.41, 5.74) is 23.3. The van der Waals surface area contributed by atoms with E-state index in [1.54, 1.807) is 44.3 Å². The summed E-state index contributed by atoms with van der Waals surface area (Å²) in [6.07, 6.45) is 3.05. The Morgan fingerprint density at radius 1 is 0.620 bits per heavy atom. The number of unbranched alkanes of at least 4 members (excludes halogenated alkanes) is 1. The summed E-state index contributed by atoms with van der Waals surface area (Å²) in [6.45, 7) is 10.5. The zero-order valence-corrected chi connectivity index (χ0v) is 41.6. The van der Waals surface area contributed by atoms with E-state index < -0.39 is 120 Å². The number of carboxylic acid groups (broad SMARTS) is 1. The number of carbonyl (C=O) groups excluding carboxylic acids is 8. The molecule has 2 rings (SSSR count). The molecule has 0 aliphatic heterocycles. The first-order valence-corrected chi connectivity index (χ1v) is 23.7. The van der Waals surface area contributed by atoms with Crippen LogP contribution in [-0.4, -0.2) is 148 Å². The number of fused-ring (bicyclic) bond motifs is 1. The Morgan fingerprint density at radius 2 is 1.14 bits per heavy atom. The van der Waals surface area contributed by atoms with Crippen LogP contribution >= 0.6 is 0 Å². The first-order chi connectivity index (χ1) is 33.4. The number of H-pyrrole nitrogens is 1. The molecule has 1 heterocycles. The number of amides is 8. The van der Waals surface area contributed by atoms with Gasteiger partial charge in [-0.1, -0.05) is 45.9 Å². The normalized spacial score (nSPS) is 15.0. The third-order valence-corrected chi connectivity index (χ3v) is 11.2. The number of aromatic amines is 1. The van der Waals surface area contributed by atoms with Crippen molar-refractivity contribution in [3.8, 4) is 0 Å². The van der Waals surface area contributed by atoms with E-state index >= 15 is 0 Å². The van der Waals surface area contributed by atoms with Crippen molar-refractivity contribution in [2.24, 2.45) is 39.8 Å². The summed E-state index contributed by atoms with van der Waals surface area (Å²) in [5.74, 6) is -8.44. The Bertz CT molecular complexity index is 2160. The van der Waals surface area contributed by atoms with Crippen LogP contribution in [0.25, 0.3) is 10.9 Å². The van der Waals surface area contributed by atoms with Crippen LogP contribution in [0.3, 0.4) is 0 Å². The number of aliphatic hydroxyl groups is 1. The molecule has 19 N–H and O–H groups in total. The third-order valence-electron chi connectivity index (χ3n) is 11.2. The van der Waals surface area contributed by atoms with Gasteiger partial charge in [0, 0.05) is 30.1 Å². The number of carboxylic acids is 1. The number of para-hydroxylation sites is 1. The number of aliphatic hydroxyl groups excluding tert-OH is 1. The molecule has 0 aliphatic rings. The SMILES string of the molecule is CC(C)CC(NC(=O)C(C)N)C(=O)NC(CCCCN)C(=O)NC(C)C(=O)NC(Cc1c[nH]c2ccccc12)C(=O)NC(CO)C(=O)NC(C(=O)NC(C)C(=O)NC(CCCN=C(N)N)C(=O)O)C(C)C. The van der Waals surface area contributed by atoms with Crippen molar-refractivity contribution in [1.29, 1.82) is 0 Å². The van der Waals surface area contributed by atoms with Gasteiger partial charge in [0.2, 0.25) is 47.3 Å². The minimum atomic E-state index is -1.66. The minimum Gasteiger partial charge on any atom is -0.480 e. The van der Waals surface area contributed by atoms with Gasteiger partial charge in [-0.05, 0) is 89.3 Å². The molecule has 9 atom stereocenters. The molecule has 0 saturated carbocycles. The average Bonchev–Trinajstić information content (AvgIpc) is 3.71. The van der Waals surface area contributed by atoms with Gasteiger partial charge in [0.1, 0.15) is 48.3 Å². The molecule has 71 heavy (non-hydrogen) atoms.